The third kappa shape index (κ3) is 6.33. The molecule has 0 aromatic heterocycles. The van der Waals surface area contributed by atoms with Crippen LogP contribution in [0.25, 0.3) is 0 Å². The summed E-state index contributed by atoms with van der Waals surface area (Å²) in [6.07, 6.45) is 0.815. The predicted octanol–water partition coefficient (Wildman–Crippen LogP) is 3.06. The first-order chi connectivity index (χ1) is 12.9. The standard InChI is InChI=1S/C21H25NO5/c1-15-5-4-6-16(9-15)7-8-20(23)22(14-21(24)25)13-17-10-18(26-2)12-19(11-17)27-3/h4-6,9-12H,7-8,13-14H2,1-3H3,(H,24,25). The highest BCUT2D eigenvalue weighted by Gasteiger charge is 2.18. The van der Waals surface area contributed by atoms with Gasteiger partial charge in [-0.15, -0.1) is 0 Å². The monoisotopic (exact) mass is 371 g/mol. The van der Waals surface area contributed by atoms with Gasteiger partial charge in [-0.1, -0.05) is 29.8 Å². The molecule has 144 valence electrons. The molecule has 2 aromatic carbocycles. The predicted molar refractivity (Wildman–Crippen MR) is 102 cm³/mol. The summed E-state index contributed by atoms with van der Waals surface area (Å²) in [7, 11) is 3.08. The largest absolute Gasteiger partial charge is 0.497 e. The molecule has 0 aliphatic heterocycles. The number of carbonyl (C=O) groups excluding carboxylic acids is 1. The number of nitrogens with zero attached hydrogens (tertiary/aromatic N) is 1. The molecule has 0 aliphatic carbocycles. The van der Waals surface area contributed by atoms with Gasteiger partial charge in [0.25, 0.3) is 0 Å². The third-order valence-electron chi connectivity index (χ3n) is 4.17. The second-order valence-corrected chi connectivity index (χ2v) is 6.35. The minimum Gasteiger partial charge on any atom is -0.497 e. The Morgan fingerprint density at radius 2 is 1.67 bits per heavy atom. The first-order valence-electron chi connectivity index (χ1n) is 8.68. The highest BCUT2D eigenvalue weighted by atomic mass is 16.5. The number of aryl methyl sites for hydroxylation is 2. The number of aliphatic carboxylic acids is 1. The second-order valence-electron chi connectivity index (χ2n) is 6.35. The number of rotatable bonds is 9. The van der Waals surface area contributed by atoms with Crippen LogP contribution in [0, 0.1) is 6.92 Å². The van der Waals surface area contributed by atoms with Crippen LogP contribution in [0.4, 0.5) is 0 Å². The van der Waals surface area contributed by atoms with Gasteiger partial charge in [-0.3, -0.25) is 9.59 Å². The first-order valence-corrected chi connectivity index (χ1v) is 8.68. The lowest BCUT2D eigenvalue weighted by Crippen LogP contribution is -2.35. The van der Waals surface area contributed by atoms with Crippen molar-refractivity contribution in [2.75, 3.05) is 20.8 Å². The number of carboxylic acid groups (broad SMARTS) is 1. The zero-order valence-electron chi connectivity index (χ0n) is 15.9. The van der Waals surface area contributed by atoms with Crippen LogP contribution in [-0.2, 0) is 22.6 Å². The zero-order chi connectivity index (χ0) is 19.8. The van der Waals surface area contributed by atoms with E-state index >= 15 is 0 Å². The van der Waals surface area contributed by atoms with Crippen LogP contribution in [0.3, 0.4) is 0 Å². The minimum absolute atomic E-state index is 0.173. The average molecular weight is 371 g/mol. The van der Waals surface area contributed by atoms with E-state index in [9.17, 15) is 14.7 Å². The van der Waals surface area contributed by atoms with Crippen molar-refractivity contribution in [2.45, 2.75) is 26.3 Å². The number of hydrogen-bond donors (Lipinski definition) is 1. The van der Waals surface area contributed by atoms with Crippen LogP contribution in [-0.4, -0.2) is 42.6 Å². The van der Waals surface area contributed by atoms with Crippen LogP contribution >= 0.6 is 0 Å². The molecular formula is C21H25NO5. The molecule has 0 atom stereocenters. The molecule has 0 unspecified atom stereocenters. The highest BCUT2D eigenvalue weighted by Crippen LogP contribution is 2.23. The van der Waals surface area contributed by atoms with Gasteiger partial charge in [-0.2, -0.15) is 0 Å². The Kier molecular flexibility index (Phi) is 7.23. The Bertz CT molecular complexity index is 781. The molecule has 0 spiro atoms. The van der Waals surface area contributed by atoms with E-state index in [2.05, 4.69) is 0 Å². The zero-order valence-corrected chi connectivity index (χ0v) is 15.9. The van der Waals surface area contributed by atoms with Crippen molar-refractivity contribution in [2.24, 2.45) is 0 Å². The lowest BCUT2D eigenvalue weighted by atomic mass is 10.1. The molecule has 2 aromatic rings. The highest BCUT2D eigenvalue weighted by molar-refractivity contribution is 5.81. The quantitative estimate of drug-likeness (QED) is 0.733. The van der Waals surface area contributed by atoms with E-state index in [-0.39, 0.29) is 25.4 Å². The van der Waals surface area contributed by atoms with Gasteiger partial charge >= 0.3 is 5.97 Å². The molecule has 27 heavy (non-hydrogen) atoms. The summed E-state index contributed by atoms with van der Waals surface area (Å²) in [5.74, 6) is -0.0758. The number of benzene rings is 2. The van der Waals surface area contributed by atoms with Crippen LogP contribution in [0.1, 0.15) is 23.1 Å². The third-order valence-corrected chi connectivity index (χ3v) is 4.17. The molecule has 0 heterocycles. The van der Waals surface area contributed by atoms with E-state index in [0.717, 1.165) is 16.7 Å². The van der Waals surface area contributed by atoms with E-state index < -0.39 is 5.97 Å². The summed E-state index contributed by atoms with van der Waals surface area (Å²) in [4.78, 5) is 25.2. The van der Waals surface area contributed by atoms with Crippen molar-refractivity contribution >= 4 is 11.9 Å². The molecule has 6 nitrogen and oxygen atoms in total. The summed E-state index contributed by atoms with van der Waals surface area (Å²) in [5, 5.41) is 9.19. The maximum atomic E-state index is 12.7. The summed E-state index contributed by atoms with van der Waals surface area (Å²) in [6.45, 7) is 1.82. The Hall–Kier alpha value is -3.02. The van der Waals surface area contributed by atoms with Gasteiger partial charge in [0, 0.05) is 19.0 Å². The summed E-state index contributed by atoms with van der Waals surface area (Å²) in [6, 6.07) is 13.2. The average Bonchev–Trinajstić information content (AvgIpc) is 2.65. The first kappa shape index (κ1) is 20.3. The number of amides is 1. The number of carboxylic acids is 1. The fourth-order valence-corrected chi connectivity index (χ4v) is 2.85. The molecular weight excluding hydrogens is 346 g/mol. The Morgan fingerprint density at radius 3 is 2.22 bits per heavy atom. The van der Waals surface area contributed by atoms with Crippen molar-refractivity contribution in [1.29, 1.82) is 0 Å². The van der Waals surface area contributed by atoms with E-state index in [4.69, 9.17) is 9.47 Å². The number of methoxy groups -OCH3 is 2. The van der Waals surface area contributed by atoms with E-state index in [1.165, 1.54) is 4.90 Å². The number of ether oxygens (including phenoxy) is 2. The lowest BCUT2D eigenvalue weighted by molar-refractivity contribution is -0.144. The molecule has 0 aliphatic rings. The van der Waals surface area contributed by atoms with Gasteiger partial charge < -0.3 is 19.5 Å². The molecule has 0 saturated carbocycles. The van der Waals surface area contributed by atoms with Gasteiger partial charge in [0.1, 0.15) is 18.0 Å². The minimum atomic E-state index is -1.05. The Balaban J connectivity index is 2.12. The molecule has 1 N–H and O–H groups in total. The lowest BCUT2D eigenvalue weighted by Gasteiger charge is -2.21. The normalized spacial score (nSPS) is 10.3. The van der Waals surface area contributed by atoms with Crippen molar-refractivity contribution in [3.05, 3.63) is 59.2 Å². The van der Waals surface area contributed by atoms with Gasteiger partial charge in [-0.25, -0.2) is 0 Å². The molecule has 6 heteroatoms. The molecule has 1 amide bonds. The number of hydrogen-bond acceptors (Lipinski definition) is 4. The van der Waals surface area contributed by atoms with Crippen LogP contribution in [0.15, 0.2) is 42.5 Å². The maximum Gasteiger partial charge on any atom is 0.323 e. The fourth-order valence-electron chi connectivity index (χ4n) is 2.85. The summed E-state index contributed by atoms with van der Waals surface area (Å²) < 4.78 is 10.5. The van der Waals surface area contributed by atoms with E-state index in [0.29, 0.717) is 17.9 Å². The van der Waals surface area contributed by atoms with Gasteiger partial charge in [-0.05, 0) is 36.6 Å². The van der Waals surface area contributed by atoms with Crippen molar-refractivity contribution in [3.63, 3.8) is 0 Å². The van der Waals surface area contributed by atoms with Crippen molar-refractivity contribution in [3.8, 4) is 11.5 Å². The maximum absolute atomic E-state index is 12.7. The van der Waals surface area contributed by atoms with Gasteiger partial charge in [0.15, 0.2) is 0 Å². The fraction of sp³-hybridized carbons (Fsp3) is 0.333. The molecule has 0 saturated heterocycles. The second kappa shape index (κ2) is 9.62. The van der Waals surface area contributed by atoms with Crippen LogP contribution in [0.2, 0.25) is 0 Å². The molecule has 0 bridgehead atoms. The van der Waals surface area contributed by atoms with Crippen molar-refractivity contribution < 1.29 is 24.2 Å². The summed E-state index contributed by atoms with van der Waals surface area (Å²) >= 11 is 0. The van der Waals surface area contributed by atoms with Crippen molar-refractivity contribution in [1.82, 2.24) is 4.90 Å². The number of carbonyl (C=O) groups is 2. The topological polar surface area (TPSA) is 76.1 Å². The van der Waals surface area contributed by atoms with Gasteiger partial charge in [0.2, 0.25) is 5.91 Å². The van der Waals surface area contributed by atoms with E-state index in [1.54, 1.807) is 32.4 Å². The van der Waals surface area contributed by atoms with Gasteiger partial charge in [0.05, 0.1) is 14.2 Å². The van der Waals surface area contributed by atoms with E-state index in [1.807, 2.05) is 31.2 Å². The van der Waals surface area contributed by atoms with Crippen LogP contribution < -0.4 is 9.47 Å². The Labute approximate surface area is 159 Å². The SMILES string of the molecule is COc1cc(CN(CC(=O)O)C(=O)CCc2cccc(C)c2)cc(OC)c1. The molecule has 2 rings (SSSR count). The Morgan fingerprint density at radius 1 is 1.00 bits per heavy atom. The smallest absolute Gasteiger partial charge is 0.323 e. The summed E-state index contributed by atoms with van der Waals surface area (Å²) in [5.41, 5.74) is 2.93. The van der Waals surface area contributed by atoms with Crippen LogP contribution in [0.5, 0.6) is 11.5 Å². The molecule has 0 fully saturated rings. The molecule has 0 radical (unpaired) electrons.